The highest BCUT2D eigenvalue weighted by atomic mass is 19.4. The number of benzene rings is 1. The first kappa shape index (κ1) is 14.8. The molecule has 0 fully saturated rings. The van der Waals surface area contributed by atoms with Gasteiger partial charge >= 0.3 is 6.18 Å². The summed E-state index contributed by atoms with van der Waals surface area (Å²) in [5.41, 5.74) is 0.0251. The van der Waals surface area contributed by atoms with Crippen LogP contribution in [-0.4, -0.2) is 18.7 Å². The average Bonchev–Trinajstić information content (AvgIpc) is 2.26. The minimum absolute atomic E-state index is 0.0251. The molecule has 0 radical (unpaired) electrons. The Bertz CT molecular complexity index is 508. The zero-order chi connectivity index (χ0) is 14.5. The molecule has 0 heterocycles. The van der Waals surface area contributed by atoms with Gasteiger partial charge in [-0.05, 0) is 12.1 Å². The molecule has 19 heavy (non-hydrogen) atoms. The maximum atomic E-state index is 13.4. The summed E-state index contributed by atoms with van der Waals surface area (Å²) in [5.74, 6) is -2.26. The zero-order valence-electron chi connectivity index (χ0n) is 9.42. The number of carbonyl (C=O) groups excluding carboxylic acids is 1. The number of anilines is 1. The van der Waals surface area contributed by atoms with Gasteiger partial charge in [0.05, 0.1) is 6.07 Å². The molecule has 0 bridgehead atoms. The van der Waals surface area contributed by atoms with Crippen LogP contribution in [0.2, 0.25) is 0 Å². The normalized spacial score (nSPS) is 10.7. The molecule has 4 nitrogen and oxygen atoms in total. The predicted octanol–water partition coefficient (Wildman–Crippen LogP) is 2.62. The fourth-order valence-corrected chi connectivity index (χ4v) is 1.13. The molecule has 8 heteroatoms. The number of hydrogen-bond acceptors (Lipinski definition) is 3. The Morgan fingerprint density at radius 3 is 2.63 bits per heavy atom. The van der Waals surface area contributed by atoms with E-state index in [-0.39, 0.29) is 5.69 Å². The highest BCUT2D eigenvalue weighted by molar-refractivity contribution is 5.92. The lowest BCUT2D eigenvalue weighted by Crippen LogP contribution is -2.19. The van der Waals surface area contributed by atoms with Gasteiger partial charge in [-0.3, -0.25) is 4.79 Å². The van der Waals surface area contributed by atoms with E-state index in [1.54, 1.807) is 6.07 Å². The van der Waals surface area contributed by atoms with Crippen molar-refractivity contribution in [3.05, 3.63) is 24.0 Å². The Morgan fingerprint density at radius 1 is 1.42 bits per heavy atom. The maximum Gasteiger partial charge on any atom is 0.422 e. The van der Waals surface area contributed by atoms with Crippen LogP contribution in [0, 0.1) is 17.1 Å². The molecule has 0 atom stereocenters. The summed E-state index contributed by atoms with van der Waals surface area (Å²) < 4.78 is 53.2. The van der Waals surface area contributed by atoms with Gasteiger partial charge in [0.15, 0.2) is 18.2 Å². The van der Waals surface area contributed by atoms with Crippen LogP contribution < -0.4 is 10.1 Å². The third-order valence-corrected chi connectivity index (χ3v) is 1.85. The van der Waals surface area contributed by atoms with E-state index in [2.05, 4.69) is 10.1 Å². The number of ether oxygens (including phenoxy) is 1. The van der Waals surface area contributed by atoms with Crippen LogP contribution in [-0.2, 0) is 4.79 Å². The summed E-state index contributed by atoms with van der Waals surface area (Å²) in [5, 5.41) is 10.5. The first-order valence-electron chi connectivity index (χ1n) is 4.98. The molecule has 0 unspecified atom stereocenters. The van der Waals surface area contributed by atoms with Gasteiger partial charge in [0, 0.05) is 11.8 Å². The first-order valence-corrected chi connectivity index (χ1v) is 4.98. The van der Waals surface area contributed by atoms with Crippen LogP contribution in [0.25, 0.3) is 0 Å². The molecule has 0 aromatic heterocycles. The van der Waals surface area contributed by atoms with Crippen LogP contribution in [0.1, 0.15) is 6.42 Å². The van der Waals surface area contributed by atoms with Crippen LogP contribution >= 0.6 is 0 Å². The Hall–Kier alpha value is -2.30. The van der Waals surface area contributed by atoms with Gasteiger partial charge < -0.3 is 10.1 Å². The summed E-state index contributed by atoms with van der Waals surface area (Å²) >= 11 is 0. The van der Waals surface area contributed by atoms with Crippen molar-refractivity contribution in [2.24, 2.45) is 0 Å². The predicted molar refractivity (Wildman–Crippen MR) is 56.8 cm³/mol. The first-order chi connectivity index (χ1) is 8.81. The molecule has 0 aliphatic heterocycles. The van der Waals surface area contributed by atoms with E-state index in [4.69, 9.17) is 5.26 Å². The maximum absolute atomic E-state index is 13.4. The van der Waals surface area contributed by atoms with E-state index in [9.17, 15) is 22.4 Å². The number of halogens is 4. The van der Waals surface area contributed by atoms with Crippen molar-refractivity contribution in [2.45, 2.75) is 12.6 Å². The molecular formula is C11H8F4N2O2. The Labute approximate surface area is 105 Å². The molecule has 0 saturated carbocycles. The average molecular weight is 276 g/mol. The van der Waals surface area contributed by atoms with E-state index in [0.717, 1.165) is 12.1 Å². The van der Waals surface area contributed by atoms with Gasteiger partial charge in [0.25, 0.3) is 0 Å². The molecule has 1 aromatic carbocycles. The molecule has 1 N–H and O–H groups in total. The lowest BCUT2D eigenvalue weighted by atomic mass is 10.2. The number of nitriles is 1. The second-order valence-corrected chi connectivity index (χ2v) is 3.43. The number of nitrogens with one attached hydrogen (secondary N) is 1. The topological polar surface area (TPSA) is 62.1 Å². The fourth-order valence-electron chi connectivity index (χ4n) is 1.13. The summed E-state index contributed by atoms with van der Waals surface area (Å²) in [4.78, 5) is 11.0. The number of rotatable bonds is 4. The second-order valence-electron chi connectivity index (χ2n) is 3.43. The minimum Gasteiger partial charge on any atom is -0.481 e. The molecule has 102 valence electrons. The lowest BCUT2D eigenvalue weighted by Gasteiger charge is -2.10. The SMILES string of the molecule is N#CCC(=O)Nc1ccc(OCC(F)(F)F)c(F)c1. The minimum atomic E-state index is -4.56. The van der Waals surface area contributed by atoms with Gasteiger partial charge in [-0.2, -0.15) is 18.4 Å². The second kappa shape index (κ2) is 6.04. The summed E-state index contributed by atoms with van der Waals surface area (Å²) in [6.45, 7) is -1.61. The van der Waals surface area contributed by atoms with E-state index in [0.29, 0.717) is 0 Å². The number of hydrogen-bond donors (Lipinski definition) is 1. The van der Waals surface area contributed by atoms with E-state index >= 15 is 0 Å². The largest absolute Gasteiger partial charge is 0.481 e. The molecule has 1 amide bonds. The highest BCUT2D eigenvalue weighted by Gasteiger charge is 2.28. The quantitative estimate of drug-likeness (QED) is 0.860. The van der Waals surface area contributed by atoms with Gasteiger partial charge in [0.2, 0.25) is 5.91 Å². The van der Waals surface area contributed by atoms with Gasteiger partial charge in [-0.15, -0.1) is 0 Å². The number of amides is 1. The van der Waals surface area contributed by atoms with Crippen LogP contribution in [0.4, 0.5) is 23.2 Å². The van der Waals surface area contributed by atoms with Crippen molar-refractivity contribution in [3.8, 4) is 11.8 Å². The van der Waals surface area contributed by atoms with Crippen molar-refractivity contribution >= 4 is 11.6 Å². The number of carbonyl (C=O) groups is 1. The van der Waals surface area contributed by atoms with Crippen molar-refractivity contribution in [1.29, 1.82) is 5.26 Å². The summed E-state index contributed by atoms with van der Waals surface area (Å²) in [6, 6.07) is 4.53. The Morgan fingerprint density at radius 2 is 2.11 bits per heavy atom. The van der Waals surface area contributed by atoms with Crippen LogP contribution in [0.15, 0.2) is 18.2 Å². The van der Waals surface area contributed by atoms with Gasteiger partial charge in [0.1, 0.15) is 6.42 Å². The van der Waals surface area contributed by atoms with E-state index in [1.807, 2.05) is 0 Å². The molecule has 0 aliphatic rings. The monoisotopic (exact) mass is 276 g/mol. The fraction of sp³-hybridized carbons (Fsp3) is 0.273. The molecular weight excluding hydrogens is 268 g/mol. The van der Waals surface area contributed by atoms with E-state index < -0.39 is 36.7 Å². The standard InChI is InChI=1S/C11H8F4N2O2/c12-8-5-7(17-10(18)3-4-16)1-2-9(8)19-6-11(13,14)15/h1-2,5H,3,6H2,(H,17,18). The van der Waals surface area contributed by atoms with Crippen molar-refractivity contribution in [3.63, 3.8) is 0 Å². The van der Waals surface area contributed by atoms with Gasteiger partial charge in [-0.25, -0.2) is 4.39 Å². The summed E-state index contributed by atoms with van der Waals surface area (Å²) in [7, 11) is 0. The molecule has 0 spiro atoms. The van der Waals surface area contributed by atoms with Gasteiger partial charge in [-0.1, -0.05) is 0 Å². The third-order valence-electron chi connectivity index (χ3n) is 1.85. The van der Waals surface area contributed by atoms with Crippen molar-refractivity contribution < 1.29 is 27.1 Å². The number of alkyl halides is 3. The zero-order valence-corrected chi connectivity index (χ0v) is 9.42. The molecule has 1 rings (SSSR count). The highest BCUT2D eigenvalue weighted by Crippen LogP contribution is 2.24. The smallest absolute Gasteiger partial charge is 0.422 e. The van der Waals surface area contributed by atoms with E-state index in [1.165, 1.54) is 6.07 Å². The number of nitrogens with zero attached hydrogens (tertiary/aromatic N) is 1. The Balaban J connectivity index is 2.70. The molecule has 0 aliphatic carbocycles. The lowest BCUT2D eigenvalue weighted by molar-refractivity contribution is -0.153. The van der Waals surface area contributed by atoms with Crippen molar-refractivity contribution in [2.75, 3.05) is 11.9 Å². The third kappa shape index (κ3) is 5.25. The molecule has 0 saturated heterocycles. The van der Waals surface area contributed by atoms with Crippen molar-refractivity contribution in [1.82, 2.24) is 0 Å². The van der Waals surface area contributed by atoms with Crippen LogP contribution in [0.5, 0.6) is 5.75 Å². The summed E-state index contributed by atoms with van der Waals surface area (Å²) in [6.07, 6.45) is -4.97. The molecule has 1 aromatic rings. The van der Waals surface area contributed by atoms with Crippen LogP contribution in [0.3, 0.4) is 0 Å². The Kier molecular flexibility index (Phi) is 4.69.